The number of carbonyl (C=O) groups excluding carboxylic acids is 1. The van der Waals surface area contributed by atoms with Crippen LogP contribution >= 0.6 is 0 Å². The number of amides is 1. The molecule has 0 aliphatic rings. The first-order chi connectivity index (χ1) is 9.78. The molecule has 2 heterocycles. The summed E-state index contributed by atoms with van der Waals surface area (Å²) in [5, 5.41) is 2.66. The Morgan fingerprint density at radius 2 is 1.80 bits per heavy atom. The SMILES string of the molecule is C#CCNC(=O)C[NH+](Cc1ccco1)Cc1ccco1. The second kappa shape index (κ2) is 7.22. The van der Waals surface area contributed by atoms with Crippen molar-refractivity contribution in [2.24, 2.45) is 0 Å². The standard InChI is InChI=1S/C15H16N2O3/c1-2-7-16-15(18)12-17(10-13-5-3-8-19-13)11-14-6-4-9-20-14/h1,3-6,8-9H,7,10-12H2,(H,16,18)/p+1. The molecule has 0 aromatic carbocycles. The fourth-order valence-electron chi connectivity index (χ4n) is 1.95. The van der Waals surface area contributed by atoms with Gasteiger partial charge >= 0.3 is 0 Å². The van der Waals surface area contributed by atoms with E-state index in [2.05, 4.69) is 11.2 Å². The molecule has 0 bridgehead atoms. The summed E-state index contributed by atoms with van der Waals surface area (Å²) in [7, 11) is 0. The van der Waals surface area contributed by atoms with Gasteiger partial charge in [0.15, 0.2) is 18.1 Å². The molecule has 104 valence electrons. The number of nitrogens with one attached hydrogen (secondary N) is 2. The highest BCUT2D eigenvalue weighted by atomic mass is 16.3. The molecule has 0 aliphatic carbocycles. The molecule has 2 aromatic rings. The first-order valence-electron chi connectivity index (χ1n) is 6.36. The first kappa shape index (κ1) is 14.0. The van der Waals surface area contributed by atoms with E-state index < -0.39 is 0 Å². The smallest absolute Gasteiger partial charge is 0.275 e. The minimum absolute atomic E-state index is 0.0870. The highest BCUT2D eigenvalue weighted by molar-refractivity contribution is 5.77. The Morgan fingerprint density at radius 3 is 2.25 bits per heavy atom. The zero-order chi connectivity index (χ0) is 14.2. The van der Waals surface area contributed by atoms with Gasteiger partial charge in [0.2, 0.25) is 0 Å². The van der Waals surface area contributed by atoms with Crippen LogP contribution in [0.2, 0.25) is 0 Å². The summed E-state index contributed by atoms with van der Waals surface area (Å²) in [4.78, 5) is 12.8. The third-order valence-corrected chi connectivity index (χ3v) is 2.81. The molecule has 0 unspecified atom stereocenters. The Hall–Kier alpha value is -2.45. The van der Waals surface area contributed by atoms with Crippen molar-refractivity contribution in [1.82, 2.24) is 5.32 Å². The molecule has 0 atom stereocenters. The highest BCUT2D eigenvalue weighted by Gasteiger charge is 2.17. The zero-order valence-corrected chi connectivity index (χ0v) is 11.1. The average molecular weight is 273 g/mol. The van der Waals surface area contributed by atoms with Crippen LogP contribution in [0.1, 0.15) is 11.5 Å². The summed E-state index contributed by atoms with van der Waals surface area (Å²) >= 11 is 0. The molecule has 0 spiro atoms. The molecule has 0 aliphatic heterocycles. The lowest BCUT2D eigenvalue weighted by molar-refractivity contribution is -0.921. The molecular formula is C15H17N2O3+. The van der Waals surface area contributed by atoms with Crippen molar-refractivity contribution in [1.29, 1.82) is 0 Å². The van der Waals surface area contributed by atoms with Gasteiger partial charge in [-0.2, -0.15) is 0 Å². The van der Waals surface area contributed by atoms with Crippen molar-refractivity contribution < 1.29 is 18.5 Å². The Balaban J connectivity index is 1.96. The number of hydrogen-bond acceptors (Lipinski definition) is 3. The monoisotopic (exact) mass is 273 g/mol. The van der Waals surface area contributed by atoms with E-state index in [1.807, 2.05) is 24.3 Å². The van der Waals surface area contributed by atoms with Crippen LogP contribution in [0.5, 0.6) is 0 Å². The molecule has 20 heavy (non-hydrogen) atoms. The molecule has 2 rings (SSSR count). The molecule has 5 heteroatoms. The number of rotatable bonds is 7. The van der Waals surface area contributed by atoms with Gasteiger partial charge in [-0.3, -0.25) is 4.79 Å². The van der Waals surface area contributed by atoms with Crippen molar-refractivity contribution in [2.75, 3.05) is 13.1 Å². The molecule has 5 nitrogen and oxygen atoms in total. The van der Waals surface area contributed by atoms with Gasteiger partial charge in [0, 0.05) is 0 Å². The second-order valence-corrected chi connectivity index (χ2v) is 4.42. The molecule has 0 fully saturated rings. The Kier molecular flexibility index (Phi) is 5.04. The Labute approximate surface area is 117 Å². The molecule has 1 amide bonds. The van der Waals surface area contributed by atoms with Crippen LogP contribution in [0.15, 0.2) is 45.6 Å². The summed E-state index contributed by atoms with van der Waals surface area (Å²) in [6, 6.07) is 7.44. The Morgan fingerprint density at radius 1 is 1.20 bits per heavy atom. The maximum absolute atomic E-state index is 11.8. The van der Waals surface area contributed by atoms with Gasteiger partial charge in [-0.05, 0) is 24.3 Å². The van der Waals surface area contributed by atoms with Crippen molar-refractivity contribution in [3.8, 4) is 12.3 Å². The maximum atomic E-state index is 11.8. The fourth-order valence-corrected chi connectivity index (χ4v) is 1.95. The van der Waals surface area contributed by atoms with Crippen LogP contribution < -0.4 is 10.2 Å². The molecular weight excluding hydrogens is 256 g/mol. The van der Waals surface area contributed by atoms with Crippen LogP contribution in [-0.4, -0.2) is 19.0 Å². The summed E-state index contributed by atoms with van der Waals surface area (Å²) in [5.41, 5.74) is 0. The third kappa shape index (κ3) is 4.34. The molecule has 2 aromatic heterocycles. The van der Waals surface area contributed by atoms with Crippen molar-refractivity contribution in [3.63, 3.8) is 0 Å². The zero-order valence-electron chi connectivity index (χ0n) is 11.1. The fraction of sp³-hybridized carbons (Fsp3) is 0.267. The number of carbonyl (C=O) groups is 1. The number of terminal acetylenes is 1. The predicted molar refractivity (Wildman–Crippen MR) is 72.5 cm³/mol. The lowest BCUT2D eigenvalue weighted by atomic mass is 10.3. The van der Waals surface area contributed by atoms with E-state index in [-0.39, 0.29) is 12.5 Å². The first-order valence-corrected chi connectivity index (χ1v) is 6.36. The van der Waals surface area contributed by atoms with E-state index in [4.69, 9.17) is 15.3 Å². The van der Waals surface area contributed by atoms with Crippen LogP contribution in [0, 0.1) is 12.3 Å². The van der Waals surface area contributed by atoms with Gasteiger partial charge in [-0.1, -0.05) is 5.92 Å². The van der Waals surface area contributed by atoms with E-state index in [1.165, 1.54) is 0 Å². The van der Waals surface area contributed by atoms with E-state index in [0.29, 0.717) is 19.6 Å². The maximum Gasteiger partial charge on any atom is 0.275 e. The quantitative estimate of drug-likeness (QED) is 0.709. The lowest BCUT2D eigenvalue weighted by Crippen LogP contribution is -3.10. The highest BCUT2D eigenvalue weighted by Crippen LogP contribution is 1.99. The van der Waals surface area contributed by atoms with E-state index in [9.17, 15) is 4.79 Å². The van der Waals surface area contributed by atoms with Gasteiger partial charge in [-0.15, -0.1) is 6.42 Å². The van der Waals surface area contributed by atoms with Crippen molar-refractivity contribution in [3.05, 3.63) is 48.3 Å². The lowest BCUT2D eigenvalue weighted by Gasteiger charge is -2.16. The number of quaternary nitrogens is 1. The van der Waals surface area contributed by atoms with Gasteiger partial charge in [0.25, 0.3) is 5.91 Å². The van der Waals surface area contributed by atoms with Crippen LogP contribution in [0.4, 0.5) is 0 Å². The van der Waals surface area contributed by atoms with Crippen molar-refractivity contribution in [2.45, 2.75) is 13.1 Å². The summed E-state index contributed by atoms with van der Waals surface area (Å²) in [6.45, 7) is 1.77. The topological polar surface area (TPSA) is 59.8 Å². The van der Waals surface area contributed by atoms with E-state index in [1.54, 1.807) is 12.5 Å². The molecule has 2 N–H and O–H groups in total. The van der Waals surface area contributed by atoms with Crippen molar-refractivity contribution >= 4 is 5.91 Å². The van der Waals surface area contributed by atoms with Gasteiger partial charge < -0.3 is 19.1 Å². The minimum Gasteiger partial charge on any atom is -0.463 e. The summed E-state index contributed by atoms with van der Waals surface area (Å²) < 4.78 is 10.7. The van der Waals surface area contributed by atoms with Gasteiger partial charge in [0.1, 0.15) is 13.1 Å². The van der Waals surface area contributed by atoms with Gasteiger partial charge in [-0.25, -0.2) is 0 Å². The molecule has 0 saturated carbocycles. The summed E-state index contributed by atoms with van der Waals surface area (Å²) in [6.07, 6.45) is 8.37. The minimum atomic E-state index is -0.0870. The number of furan rings is 2. The van der Waals surface area contributed by atoms with Crippen LogP contribution in [-0.2, 0) is 17.9 Å². The predicted octanol–water partition coefficient (Wildman–Crippen LogP) is 0.207. The number of hydrogen-bond donors (Lipinski definition) is 2. The second-order valence-electron chi connectivity index (χ2n) is 4.42. The Bertz CT molecular complexity index is 516. The largest absolute Gasteiger partial charge is 0.463 e. The van der Waals surface area contributed by atoms with Gasteiger partial charge in [0.05, 0.1) is 19.1 Å². The van der Waals surface area contributed by atoms with Crippen LogP contribution in [0.25, 0.3) is 0 Å². The third-order valence-electron chi connectivity index (χ3n) is 2.81. The summed E-state index contributed by atoms with van der Waals surface area (Å²) in [5.74, 6) is 3.96. The average Bonchev–Trinajstić information content (AvgIpc) is 3.09. The van der Waals surface area contributed by atoms with Crippen LogP contribution in [0.3, 0.4) is 0 Å². The van der Waals surface area contributed by atoms with E-state index >= 15 is 0 Å². The molecule has 0 saturated heterocycles. The normalized spacial score (nSPS) is 10.4. The molecule has 0 radical (unpaired) electrons. The van der Waals surface area contributed by atoms with E-state index in [0.717, 1.165) is 16.4 Å².